The van der Waals surface area contributed by atoms with Crippen LogP contribution in [0.4, 0.5) is 0 Å². The third-order valence-electron chi connectivity index (χ3n) is 1.59. The maximum Gasteiger partial charge on any atom is 0.310 e. The Bertz CT molecular complexity index is 326. The molecule has 1 rings (SSSR count). The maximum absolute atomic E-state index is 10.9. The second-order valence-corrected chi connectivity index (χ2v) is 2.96. The number of esters is 1. The van der Waals surface area contributed by atoms with E-state index < -0.39 is 5.97 Å². The average Bonchev–Trinajstić information content (AvgIpc) is 2.11. The van der Waals surface area contributed by atoms with Crippen molar-refractivity contribution in [2.45, 2.75) is 6.42 Å². The van der Waals surface area contributed by atoms with Gasteiger partial charge in [-0.25, -0.2) is 0 Å². The lowest BCUT2D eigenvalue weighted by Crippen LogP contribution is -2.11. The van der Waals surface area contributed by atoms with E-state index in [0.717, 1.165) is 0 Å². The Labute approximate surface area is 81.1 Å². The molecular weight excluding hydrogens is 188 g/mol. The lowest BCUT2D eigenvalue weighted by Gasteiger charge is -2.06. The molecule has 13 heavy (non-hydrogen) atoms. The second kappa shape index (κ2) is 4.09. The number of allylic oxidation sites excluding steroid dienone is 3. The molecule has 0 saturated carbocycles. The molecular formula is C9H8O3S. The summed E-state index contributed by atoms with van der Waals surface area (Å²) in [6, 6.07) is 0. The minimum atomic E-state index is -0.392. The molecule has 0 radical (unpaired) electrons. The van der Waals surface area contributed by atoms with Gasteiger partial charge in [0, 0.05) is 4.86 Å². The quantitative estimate of drug-likeness (QED) is 0.488. The zero-order valence-corrected chi connectivity index (χ0v) is 7.89. The van der Waals surface area contributed by atoms with E-state index in [0.29, 0.717) is 10.4 Å². The number of rotatable bonds is 2. The summed E-state index contributed by atoms with van der Waals surface area (Å²) in [5.41, 5.74) is 0.550. The van der Waals surface area contributed by atoms with Crippen molar-refractivity contribution in [3.05, 3.63) is 23.8 Å². The lowest BCUT2D eigenvalue weighted by molar-refractivity contribution is -0.139. The topological polar surface area (TPSA) is 43.4 Å². The van der Waals surface area contributed by atoms with Gasteiger partial charge in [0.05, 0.1) is 13.5 Å². The Morgan fingerprint density at radius 1 is 1.54 bits per heavy atom. The number of hydrogen-bond acceptors (Lipinski definition) is 4. The van der Waals surface area contributed by atoms with Crippen molar-refractivity contribution < 1.29 is 14.3 Å². The smallest absolute Gasteiger partial charge is 0.310 e. The van der Waals surface area contributed by atoms with Gasteiger partial charge < -0.3 is 4.74 Å². The molecule has 0 atom stereocenters. The largest absolute Gasteiger partial charge is 0.469 e. The minimum Gasteiger partial charge on any atom is -0.469 e. The molecule has 0 aromatic carbocycles. The van der Waals surface area contributed by atoms with Crippen molar-refractivity contribution in [2.24, 2.45) is 0 Å². The van der Waals surface area contributed by atoms with Gasteiger partial charge in [-0.1, -0.05) is 12.2 Å². The van der Waals surface area contributed by atoms with E-state index in [-0.39, 0.29) is 12.2 Å². The normalized spacial score (nSPS) is 15.6. The number of ketones is 1. The molecule has 0 amide bonds. The van der Waals surface area contributed by atoms with Crippen LogP contribution in [0.1, 0.15) is 6.42 Å². The molecule has 0 heterocycles. The number of carbonyl (C=O) groups is 2. The molecule has 68 valence electrons. The first-order valence-electron chi connectivity index (χ1n) is 3.67. The van der Waals surface area contributed by atoms with Crippen LogP contribution in [0.15, 0.2) is 23.8 Å². The van der Waals surface area contributed by atoms with E-state index in [2.05, 4.69) is 4.74 Å². The van der Waals surface area contributed by atoms with Gasteiger partial charge in [0.25, 0.3) is 0 Å². The molecule has 0 aliphatic heterocycles. The maximum atomic E-state index is 10.9. The SMILES string of the molecule is COC(=O)CC1=CC(=O)C=CC1=S. The van der Waals surface area contributed by atoms with E-state index >= 15 is 0 Å². The van der Waals surface area contributed by atoms with Gasteiger partial charge in [0.15, 0.2) is 5.78 Å². The molecule has 3 nitrogen and oxygen atoms in total. The third kappa shape index (κ3) is 2.59. The first-order valence-corrected chi connectivity index (χ1v) is 4.08. The van der Waals surface area contributed by atoms with E-state index in [1.807, 2.05) is 0 Å². The Hall–Kier alpha value is -1.29. The van der Waals surface area contributed by atoms with Crippen LogP contribution in [0.25, 0.3) is 0 Å². The Morgan fingerprint density at radius 3 is 2.85 bits per heavy atom. The van der Waals surface area contributed by atoms with Crippen LogP contribution in [-0.4, -0.2) is 23.7 Å². The molecule has 1 aliphatic rings. The number of methoxy groups -OCH3 is 1. The Balaban J connectivity index is 2.74. The zero-order valence-electron chi connectivity index (χ0n) is 7.07. The summed E-state index contributed by atoms with van der Waals surface area (Å²) in [4.78, 5) is 22.3. The number of hydrogen-bond donors (Lipinski definition) is 0. The molecule has 0 unspecified atom stereocenters. The monoisotopic (exact) mass is 196 g/mol. The molecule has 0 bridgehead atoms. The Kier molecular flexibility index (Phi) is 3.08. The highest BCUT2D eigenvalue weighted by atomic mass is 32.1. The number of carbonyl (C=O) groups excluding carboxylic acids is 2. The molecule has 0 aromatic heterocycles. The van der Waals surface area contributed by atoms with Gasteiger partial charge in [-0.15, -0.1) is 0 Å². The van der Waals surface area contributed by atoms with E-state index in [1.165, 1.54) is 25.3 Å². The molecule has 0 saturated heterocycles. The summed E-state index contributed by atoms with van der Waals surface area (Å²) in [5.74, 6) is -0.538. The fourth-order valence-electron chi connectivity index (χ4n) is 0.922. The fraction of sp³-hybridized carbons (Fsp3) is 0.222. The highest BCUT2D eigenvalue weighted by molar-refractivity contribution is 7.81. The molecule has 0 aromatic rings. The zero-order chi connectivity index (χ0) is 9.84. The van der Waals surface area contributed by atoms with Crippen LogP contribution < -0.4 is 0 Å². The molecule has 0 spiro atoms. The van der Waals surface area contributed by atoms with E-state index in [9.17, 15) is 9.59 Å². The van der Waals surface area contributed by atoms with Crippen LogP contribution in [-0.2, 0) is 14.3 Å². The molecule has 0 N–H and O–H groups in total. The molecule has 0 fully saturated rings. The number of ether oxygens (including phenoxy) is 1. The van der Waals surface area contributed by atoms with Crippen LogP contribution in [0.5, 0.6) is 0 Å². The van der Waals surface area contributed by atoms with Gasteiger partial charge >= 0.3 is 5.97 Å². The summed E-state index contributed by atoms with van der Waals surface area (Å²) >= 11 is 4.93. The van der Waals surface area contributed by atoms with E-state index in [4.69, 9.17) is 12.2 Å². The first kappa shape index (κ1) is 9.80. The average molecular weight is 196 g/mol. The standard InChI is InChI=1S/C9H8O3S/c1-12-9(11)5-6-4-7(10)2-3-8(6)13/h2-4H,5H2,1H3. The van der Waals surface area contributed by atoms with Crippen molar-refractivity contribution in [1.82, 2.24) is 0 Å². The van der Waals surface area contributed by atoms with Crippen molar-refractivity contribution in [1.29, 1.82) is 0 Å². The molecule has 4 heteroatoms. The van der Waals surface area contributed by atoms with Gasteiger partial charge in [0.2, 0.25) is 0 Å². The fourth-order valence-corrected chi connectivity index (χ4v) is 1.12. The first-order chi connectivity index (χ1) is 6.13. The van der Waals surface area contributed by atoms with Gasteiger partial charge in [0.1, 0.15) is 0 Å². The second-order valence-electron chi connectivity index (χ2n) is 2.52. The predicted octanol–water partition coefficient (Wildman–Crippen LogP) is 0.985. The van der Waals surface area contributed by atoms with Crippen molar-refractivity contribution in [3.8, 4) is 0 Å². The summed E-state index contributed by atoms with van der Waals surface area (Å²) < 4.78 is 4.46. The predicted molar refractivity (Wildman–Crippen MR) is 51.5 cm³/mol. The van der Waals surface area contributed by atoms with Gasteiger partial charge in [-0.3, -0.25) is 9.59 Å². The highest BCUT2D eigenvalue weighted by Crippen LogP contribution is 2.11. The van der Waals surface area contributed by atoms with Gasteiger partial charge in [-0.2, -0.15) is 0 Å². The lowest BCUT2D eigenvalue weighted by atomic mass is 10.0. The van der Waals surface area contributed by atoms with Crippen molar-refractivity contribution >= 4 is 28.8 Å². The van der Waals surface area contributed by atoms with Crippen molar-refractivity contribution in [3.63, 3.8) is 0 Å². The van der Waals surface area contributed by atoms with Gasteiger partial charge in [-0.05, 0) is 23.8 Å². The highest BCUT2D eigenvalue weighted by Gasteiger charge is 2.13. The molecule has 1 aliphatic carbocycles. The number of thiocarbonyl (C=S) groups is 1. The summed E-state index contributed by atoms with van der Waals surface area (Å²) in [7, 11) is 1.30. The van der Waals surface area contributed by atoms with Crippen molar-refractivity contribution in [2.75, 3.05) is 7.11 Å². The minimum absolute atomic E-state index is 0.0609. The Morgan fingerprint density at radius 2 is 2.23 bits per heavy atom. The van der Waals surface area contributed by atoms with E-state index in [1.54, 1.807) is 0 Å². The summed E-state index contributed by atoms with van der Waals surface area (Å²) in [6.45, 7) is 0. The van der Waals surface area contributed by atoms with Crippen LogP contribution >= 0.6 is 12.2 Å². The van der Waals surface area contributed by atoms with Crippen LogP contribution in [0.2, 0.25) is 0 Å². The van der Waals surface area contributed by atoms with Crippen LogP contribution in [0, 0.1) is 0 Å². The summed E-state index contributed by atoms with van der Waals surface area (Å²) in [6.07, 6.45) is 4.32. The summed E-state index contributed by atoms with van der Waals surface area (Å²) in [5, 5.41) is 0. The van der Waals surface area contributed by atoms with Crippen LogP contribution in [0.3, 0.4) is 0 Å². The third-order valence-corrected chi connectivity index (χ3v) is 1.99.